The number of benzene rings is 3. The minimum absolute atomic E-state index is 0.0720. The van der Waals surface area contributed by atoms with Crippen LogP contribution < -0.4 is 9.62 Å². The number of halogens is 1. The van der Waals surface area contributed by atoms with Crippen molar-refractivity contribution in [3.8, 4) is 0 Å². The van der Waals surface area contributed by atoms with Gasteiger partial charge in [0.05, 0.1) is 10.6 Å². The van der Waals surface area contributed by atoms with E-state index in [1.165, 1.54) is 17.0 Å². The Bertz CT molecular complexity index is 1300. The molecule has 0 spiro atoms. The van der Waals surface area contributed by atoms with Gasteiger partial charge >= 0.3 is 0 Å². The first-order chi connectivity index (χ1) is 17.1. The summed E-state index contributed by atoms with van der Waals surface area (Å²) >= 11 is 3.37. The third kappa shape index (κ3) is 6.73. The van der Waals surface area contributed by atoms with Gasteiger partial charge in [0.1, 0.15) is 12.6 Å². The van der Waals surface area contributed by atoms with E-state index in [2.05, 4.69) is 21.2 Å². The Morgan fingerprint density at radius 1 is 0.972 bits per heavy atom. The second-order valence-corrected chi connectivity index (χ2v) is 11.2. The summed E-state index contributed by atoms with van der Waals surface area (Å²) in [6, 6.07) is 21.5. The van der Waals surface area contributed by atoms with Crippen LogP contribution in [-0.2, 0) is 26.2 Å². The normalized spacial score (nSPS) is 12.0. The number of likely N-dealkylation sites (N-methyl/N-ethyl adjacent to an activating group) is 1. The minimum Gasteiger partial charge on any atom is -0.355 e. The number of nitrogens with one attached hydrogen (secondary N) is 1. The van der Waals surface area contributed by atoms with Crippen LogP contribution in [0.15, 0.2) is 88.2 Å². The summed E-state index contributed by atoms with van der Waals surface area (Å²) in [5, 5.41) is 2.76. The Kier molecular flexibility index (Phi) is 9.28. The summed E-state index contributed by atoms with van der Waals surface area (Å²) in [7, 11) is -4.06. The first kappa shape index (κ1) is 27.4. The molecular weight excluding hydrogens is 542 g/mol. The van der Waals surface area contributed by atoms with Gasteiger partial charge < -0.3 is 10.2 Å². The van der Waals surface area contributed by atoms with E-state index in [-0.39, 0.29) is 17.3 Å². The van der Waals surface area contributed by atoms with Crippen LogP contribution in [0.3, 0.4) is 0 Å². The average Bonchev–Trinajstić information content (AvgIpc) is 2.86. The highest BCUT2D eigenvalue weighted by atomic mass is 79.9. The van der Waals surface area contributed by atoms with E-state index in [1.54, 1.807) is 56.3 Å². The van der Waals surface area contributed by atoms with Crippen molar-refractivity contribution in [2.75, 3.05) is 17.4 Å². The number of aryl methyl sites for hydroxylation is 1. The van der Waals surface area contributed by atoms with Crippen LogP contribution in [0.1, 0.15) is 25.0 Å². The van der Waals surface area contributed by atoms with Gasteiger partial charge in [0.25, 0.3) is 10.0 Å². The van der Waals surface area contributed by atoms with Crippen molar-refractivity contribution in [3.05, 3.63) is 94.5 Å². The molecule has 0 aromatic heterocycles. The van der Waals surface area contributed by atoms with Gasteiger partial charge in [0.2, 0.25) is 11.8 Å². The fourth-order valence-corrected chi connectivity index (χ4v) is 5.47. The van der Waals surface area contributed by atoms with Crippen LogP contribution in [0.2, 0.25) is 0 Å². The van der Waals surface area contributed by atoms with E-state index in [0.29, 0.717) is 12.2 Å². The third-order valence-corrected chi connectivity index (χ3v) is 8.00. The molecule has 3 aromatic carbocycles. The van der Waals surface area contributed by atoms with Crippen molar-refractivity contribution < 1.29 is 18.0 Å². The van der Waals surface area contributed by atoms with Crippen molar-refractivity contribution in [3.63, 3.8) is 0 Å². The maximum atomic E-state index is 13.7. The number of amides is 2. The van der Waals surface area contributed by atoms with Crippen LogP contribution in [0.25, 0.3) is 0 Å². The van der Waals surface area contributed by atoms with Gasteiger partial charge in [-0.15, -0.1) is 0 Å². The summed E-state index contributed by atoms with van der Waals surface area (Å²) in [5.74, 6) is -0.794. The highest BCUT2D eigenvalue weighted by Crippen LogP contribution is 2.26. The second-order valence-electron chi connectivity index (χ2n) is 8.38. The summed E-state index contributed by atoms with van der Waals surface area (Å²) in [5.41, 5.74) is 2.21. The quantitative estimate of drug-likeness (QED) is 0.388. The summed E-state index contributed by atoms with van der Waals surface area (Å²) in [6.45, 7) is 5.52. The lowest BCUT2D eigenvalue weighted by Gasteiger charge is -2.32. The van der Waals surface area contributed by atoms with Gasteiger partial charge in [-0.2, -0.15) is 0 Å². The molecule has 0 aliphatic rings. The maximum absolute atomic E-state index is 13.7. The number of carbonyl (C=O) groups excluding carboxylic acids is 2. The Hall–Kier alpha value is -3.17. The third-order valence-electron chi connectivity index (χ3n) is 5.68. The molecule has 0 aliphatic carbocycles. The predicted octanol–water partition coefficient (Wildman–Crippen LogP) is 4.51. The zero-order valence-electron chi connectivity index (χ0n) is 20.5. The Labute approximate surface area is 221 Å². The van der Waals surface area contributed by atoms with E-state index in [4.69, 9.17) is 0 Å². The number of hydrogen-bond donors (Lipinski definition) is 1. The fourth-order valence-electron chi connectivity index (χ4n) is 3.77. The molecule has 1 N–H and O–H groups in total. The molecule has 190 valence electrons. The summed E-state index contributed by atoms with van der Waals surface area (Å²) < 4.78 is 29.2. The van der Waals surface area contributed by atoms with E-state index in [1.807, 2.05) is 31.2 Å². The lowest BCUT2D eigenvalue weighted by molar-refractivity contribution is -0.139. The van der Waals surface area contributed by atoms with E-state index in [0.717, 1.165) is 19.9 Å². The molecule has 0 fully saturated rings. The van der Waals surface area contributed by atoms with Crippen molar-refractivity contribution >= 4 is 43.5 Å². The summed E-state index contributed by atoms with van der Waals surface area (Å²) in [6.07, 6.45) is 0. The average molecular weight is 573 g/mol. The zero-order chi connectivity index (χ0) is 26.3. The molecule has 2 amide bonds. The van der Waals surface area contributed by atoms with Crippen molar-refractivity contribution in [1.82, 2.24) is 10.2 Å². The van der Waals surface area contributed by atoms with Crippen LogP contribution in [0, 0.1) is 6.92 Å². The highest BCUT2D eigenvalue weighted by Gasteiger charge is 2.32. The number of hydrogen-bond acceptors (Lipinski definition) is 4. The molecule has 0 aliphatic heterocycles. The summed E-state index contributed by atoms with van der Waals surface area (Å²) in [4.78, 5) is 28.0. The molecule has 3 aromatic rings. The molecule has 3 rings (SSSR count). The Morgan fingerprint density at radius 2 is 1.64 bits per heavy atom. The molecule has 9 heteroatoms. The second kappa shape index (κ2) is 12.2. The lowest BCUT2D eigenvalue weighted by Crippen LogP contribution is -2.51. The van der Waals surface area contributed by atoms with Crippen LogP contribution in [0.5, 0.6) is 0 Å². The van der Waals surface area contributed by atoms with Gasteiger partial charge in [0.15, 0.2) is 0 Å². The fraction of sp³-hybridized carbons (Fsp3) is 0.259. The first-order valence-electron chi connectivity index (χ1n) is 11.6. The SMILES string of the molecule is CCNC(=O)C(C)N(Cc1cccc(C)c1)C(=O)CN(c1ccc(Br)cc1)S(=O)(=O)c1ccccc1. The highest BCUT2D eigenvalue weighted by molar-refractivity contribution is 9.10. The number of sulfonamides is 1. The van der Waals surface area contributed by atoms with Gasteiger partial charge in [-0.05, 0) is 62.7 Å². The minimum atomic E-state index is -4.06. The molecular formula is C27H30BrN3O4S. The van der Waals surface area contributed by atoms with Crippen molar-refractivity contribution in [1.29, 1.82) is 0 Å². The maximum Gasteiger partial charge on any atom is 0.264 e. The van der Waals surface area contributed by atoms with Crippen LogP contribution in [0.4, 0.5) is 5.69 Å². The van der Waals surface area contributed by atoms with E-state index < -0.39 is 28.5 Å². The van der Waals surface area contributed by atoms with Crippen LogP contribution >= 0.6 is 15.9 Å². The molecule has 0 heterocycles. The van der Waals surface area contributed by atoms with Gasteiger partial charge in [-0.3, -0.25) is 13.9 Å². The molecule has 1 unspecified atom stereocenters. The number of nitrogens with zero attached hydrogens (tertiary/aromatic N) is 2. The molecule has 0 saturated carbocycles. The molecule has 0 bridgehead atoms. The smallest absolute Gasteiger partial charge is 0.264 e. The molecule has 1 atom stereocenters. The first-order valence-corrected chi connectivity index (χ1v) is 13.8. The molecule has 0 saturated heterocycles. The van der Waals surface area contributed by atoms with E-state index >= 15 is 0 Å². The van der Waals surface area contributed by atoms with Gasteiger partial charge in [-0.25, -0.2) is 8.42 Å². The predicted molar refractivity (Wildman–Crippen MR) is 145 cm³/mol. The van der Waals surface area contributed by atoms with Crippen molar-refractivity contribution in [2.45, 2.75) is 38.3 Å². The van der Waals surface area contributed by atoms with Crippen molar-refractivity contribution in [2.24, 2.45) is 0 Å². The molecule has 0 radical (unpaired) electrons. The van der Waals surface area contributed by atoms with E-state index in [9.17, 15) is 18.0 Å². The Balaban J connectivity index is 2.01. The largest absolute Gasteiger partial charge is 0.355 e. The molecule has 7 nitrogen and oxygen atoms in total. The van der Waals surface area contributed by atoms with Crippen LogP contribution in [-0.4, -0.2) is 44.3 Å². The number of rotatable bonds is 10. The van der Waals surface area contributed by atoms with Gasteiger partial charge in [-0.1, -0.05) is 64.0 Å². The number of carbonyl (C=O) groups is 2. The lowest BCUT2D eigenvalue weighted by atomic mass is 10.1. The topological polar surface area (TPSA) is 86.8 Å². The Morgan fingerprint density at radius 3 is 2.25 bits per heavy atom. The number of anilines is 1. The standard InChI is InChI=1S/C27H30BrN3O4S/c1-4-29-27(33)21(3)30(18-22-10-8-9-20(2)17-22)26(32)19-31(24-15-13-23(28)14-16-24)36(34,35)25-11-6-5-7-12-25/h5-17,21H,4,18-19H2,1-3H3,(H,29,33). The monoisotopic (exact) mass is 571 g/mol. The molecule has 36 heavy (non-hydrogen) atoms. The van der Waals surface area contributed by atoms with Gasteiger partial charge in [0, 0.05) is 17.6 Å². The zero-order valence-corrected chi connectivity index (χ0v) is 22.9.